The van der Waals surface area contributed by atoms with Crippen molar-refractivity contribution in [3.63, 3.8) is 0 Å². The number of aromatic nitrogens is 1. The van der Waals surface area contributed by atoms with Crippen LogP contribution in [0.4, 0.5) is 0 Å². The summed E-state index contributed by atoms with van der Waals surface area (Å²) >= 11 is 0. The normalized spacial score (nSPS) is 19.2. The minimum atomic E-state index is -0.594. The van der Waals surface area contributed by atoms with Crippen LogP contribution < -0.4 is 5.32 Å². The van der Waals surface area contributed by atoms with Crippen LogP contribution in [0.15, 0.2) is 23.7 Å². The van der Waals surface area contributed by atoms with Gasteiger partial charge < -0.3 is 14.6 Å². The molecule has 24 heavy (non-hydrogen) atoms. The third kappa shape index (κ3) is 4.10. The van der Waals surface area contributed by atoms with Gasteiger partial charge in [-0.2, -0.15) is 0 Å². The molecule has 1 N–H and O–H groups in total. The standard InChI is InChI=1S/C17H23BN2O4/c1-12(22)19-10-13(9-14-7-6-8-15(11-21)20-14)18-23-16(2,3)17(4,5)24-18/h6-9,11H,10H2,1-5H3,(H,19,22). The molecule has 0 aliphatic carbocycles. The van der Waals surface area contributed by atoms with Crippen molar-refractivity contribution in [2.24, 2.45) is 0 Å². The molecular formula is C17H23BN2O4. The molecule has 1 saturated heterocycles. The number of nitrogens with one attached hydrogen (secondary N) is 1. The van der Waals surface area contributed by atoms with Crippen molar-refractivity contribution in [3.8, 4) is 0 Å². The average Bonchev–Trinajstić information content (AvgIpc) is 2.71. The van der Waals surface area contributed by atoms with Crippen LogP contribution in [0.2, 0.25) is 0 Å². The van der Waals surface area contributed by atoms with E-state index in [-0.39, 0.29) is 12.5 Å². The van der Waals surface area contributed by atoms with Gasteiger partial charge in [-0.1, -0.05) is 6.07 Å². The molecule has 0 bridgehead atoms. The predicted octanol–water partition coefficient (Wildman–Crippen LogP) is 2.04. The van der Waals surface area contributed by atoms with Gasteiger partial charge in [0, 0.05) is 13.5 Å². The number of hydrogen-bond donors (Lipinski definition) is 1. The number of rotatable bonds is 5. The van der Waals surface area contributed by atoms with Crippen molar-refractivity contribution in [1.29, 1.82) is 0 Å². The first-order valence-electron chi connectivity index (χ1n) is 7.87. The molecule has 0 aromatic carbocycles. The first-order chi connectivity index (χ1) is 11.1. The van der Waals surface area contributed by atoms with Gasteiger partial charge in [-0.3, -0.25) is 9.59 Å². The quantitative estimate of drug-likeness (QED) is 0.660. The SMILES string of the molecule is CC(=O)NCC(=Cc1cccc(C=O)n1)B1OC(C)(C)C(C)(C)O1. The molecule has 2 heterocycles. The van der Waals surface area contributed by atoms with Gasteiger partial charge in [-0.15, -0.1) is 0 Å². The van der Waals surface area contributed by atoms with Crippen molar-refractivity contribution < 1.29 is 18.9 Å². The molecule has 1 aliphatic rings. The van der Waals surface area contributed by atoms with Crippen molar-refractivity contribution in [2.75, 3.05) is 6.54 Å². The fraction of sp³-hybridized carbons (Fsp3) is 0.471. The molecule has 2 rings (SSSR count). The summed E-state index contributed by atoms with van der Waals surface area (Å²) in [6, 6.07) is 5.17. The zero-order valence-corrected chi connectivity index (χ0v) is 14.8. The second kappa shape index (κ2) is 6.87. The monoisotopic (exact) mass is 330 g/mol. The lowest BCUT2D eigenvalue weighted by Gasteiger charge is -2.32. The van der Waals surface area contributed by atoms with E-state index in [1.165, 1.54) is 6.92 Å². The third-order valence-electron chi connectivity index (χ3n) is 4.34. The molecule has 0 radical (unpaired) electrons. The Bertz CT molecular complexity index is 654. The topological polar surface area (TPSA) is 77.5 Å². The Kier molecular flexibility index (Phi) is 5.25. The van der Waals surface area contributed by atoms with Crippen LogP contribution in [0.5, 0.6) is 0 Å². The molecule has 1 aromatic rings. The fourth-order valence-corrected chi connectivity index (χ4v) is 2.23. The molecule has 0 unspecified atom stereocenters. The highest BCUT2D eigenvalue weighted by atomic mass is 16.7. The Morgan fingerprint density at radius 2 is 1.79 bits per heavy atom. The highest BCUT2D eigenvalue weighted by Crippen LogP contribution is 2.38. The number of nitrogens with zero attached hydrogens (tertiary/aromatic N) is 1. The maximum atomic E-state index is 11.3. The number of amides is 1. The Morgan fingerprint density at radius 1 is 1.21 bits per heavy atom. The van der Waals surface area contributed by atoms with Crippen LogP contribution in [0.25, 0.3) is 6.08 Å². The summed E-state index contributed by atoms with van der Waals surface area (Å²) in [4.78, 5) is 26.4. The van der Waals surface area contributed by atoms with Crippen LogP contribution in [-0.4, -0.2) is 42.0 Å². The summed E-state index contributed by atoms with van der Waals surface area (Å²) in [7, 11) is -0.594. The Balaban J connectivity index is 2.33. The molecule has 1 aliphatic heterocycles. The van der Waals surface area contributed by atoms with E-state index in [1.807, 2.05) is 27.7 Å². The number of pyridine rings is 1. The second-order valence-corrected chi connectivity index (χ2v) is 6.82. The lowest BCUT2D eigenvalue weighted by Crippen LogP contribution is -2.41. The lowest BCUT2D eigenvalue weighted by molar-refractivity contribution is -0.118. The van der Waals surface area contributed by atoms with Gasteiger partial charge in [0.05, 0.1) is 16.9 Å². The first-order valence-corrected chi connectivity index (χ1v) is 7.87. The first kappa shape index (κ1) is 18.4. The molecule has 6 nitrogen and oxygen atoms in total. The van der Waals surface area contributed by atoms with Gasteiger partial charge in [0.1, 0.15) is 5.69 Å². The summed E-state index contributed by atoms with van der Waals surface area (Å²) in [5.74, 6) is -0.146. The number of carbonyl (C=O) groups is 2. The smallest absolute Gasteiger partial charge is 0.400 e. The predicted molar refractivity (Wildman–Crippen MR) is 92.4 cm³/mol. The van der Waals surface area contributed by atoms with Gasteiger partial charge in [0.2, 0.25) is 5.91 Å². The Labute approximate surface area is 142 Å². The van der Waals surface area contributed by atoms with Crippen molar-refractivity contribution in [3.05, 3.63) is 35.1 Å². The van der Waals surface area contributed by atoms with E-state index in [4.69, 9.17) is 9.31 Å². The fourth-order valence-electron chi connectivity index (χ4n) is 2.23. The molecule has 0 atom stereocenters. The molecular weight excluding hydrogens is 307 g/mol. The van der Waals surface area contributed by atoms with Crippen LogP contribution in [-0.2, 0) is 14.1 Å². The zero-order chi connectivity index (χ0) is 18.0. The van der Waals surface area contributed by atoms with E-state index in [2.05, 4.69) is 10.3 Å². The van der Waals surface area contributed by atoms with Crippen LogP contribution >= 0.6 is 0 Å². The minimum absolute atomic E-state index is 0.146. The van der Waals surface area contributed by atoms with Crippen molar-refractivity contribution in [1.82, 2.24) is 10.3 Å². The summed E-state index contributed by atoms with van der Waals surface area (Å²) in [5, 5.41) is 2.76. The van der Waals surface area contributed by atoms with Crippen molar-refractivity contribution >= 4 is 25.4 Å². The van der Waals surface area contributed by atoms with Gasteiger partial charge in [-0.05, 0) is 51.4 Å². The van der Waals surface area contributed by atoms with Crippen molar-refractivity contribution in [2.45, 2.75) is 45.8 Å². The average molecular weight is 330 g/mol. The molecule has 128 valence electrons. The molecule has 1 fully saturated rings. The van der Waals surface area contributed by atoms with E-state index >= 15 is 0 Å². The van der Waals surface area contributed by atoms with E-state index < -0.39 is 18.3 Å². The van der Waals surface area contributed by atoms with E-state index in [9.17, 15) is 9.59 Å². The summed E-state index contributed by atoms with van der Waals surface area (Å²) < 4.78 is 12.1. The van der Waals surface area contributed by atoms with Crippen LogP contribution in [0.1, 0.15) is 50.8 Å². The zero-order valence-electron chi connectivity index (χ0n) is 14.8. The van der Waals surface area contributed by atoms with Gasteiger partial charge >= 0.3 is 7.12 Å². The lowest BCUT2D eigenvalue weighted by atomic mass is 9.77. The summed E-state index contributed by atoms with van der Waals surface area (Å²) in [6.07, 6.45) is 2.48. The summed E-state index contributed by atoms with van der Waals surface area (Å²) in [6.45, 7) is 9.59. The van der Waals surface area contributed by atoms with Gasteiger partial charge in [0.15, 0.2) is 6.29 Å². The van der Waals surface area contributed by atoms with E-state index in [0.29, 0.717) is 17.7 Å². The maximum absolute atomic E-state index is 11.3. The van der Waals surface area contributed by atoms with Gasteiger partial charge in [0.25, 0.3) is 0 Å². The highest BCUT2D eigenvalue weighted by molar-refractivity contribution is 6.56. The molecule has 0 spiro atoms. The summed E-state index contributed by atoms with van der Waals surface area (Å²) in [5.41, 5.74) is 0.724. The molecule has 1 amide bonds. The number of aldehydes is 1. The highest BCUT2D eigenvalue weighted by Gasteiger charge is 2.52. The number of hydrogen-bond acceptors (Lipinski definition) is 5. The Morgan fingerprint density at radius 3 is 2.33 bits per heavy atom. The van der Waals surface area contributed by atoms with E-state index in [0.717, 1.165) is 5.47 Å². The van der Waals surface area contributed by atoms with Crippen LogP contribution in [0.3, 0.4) is 0 Å². The van der Waals surface area contributed by atoms with E-state index in [1.54, 1.807) is 24.3 Å². The molecule has 7 heteroatoms. The third-order valence-corrected chi connectivity index (χ3v) is 4.34. The molecule has 0 saturated carbocycles. The van der Waals surface area contributed by atoms with Gasteiger partial charge in [-0.25, -0.2) is 4.98 Å². The maximum Gasteiger partial charge on any atom is 0.492 e. The number of carbonyl (C=O) groups excluding carboxylic acids is 2. The molecule has 1 aromatic heterocycles. The Hall–Kier alpha value is -1.99. The van der Waals surface area contributed by atoms with Crippen LogP contribution in [0, 0.1) is 0 Å². The second-order valence-electron chi connectivity index (χ2n) is 6.82. The largest absolute Gasteiger partial charge is 0.492 e. The minimum Gasteiger partial charge on any atom is -0.400 e.